The van der Waals surface area contributed by atoms with E-state index in [0.717, 1.165) is 16.8 Å². The number of nitrogens with two attached hydrogens (primary N) is 1. The average molecular weight is 452 g/mol. The minimum atomic E-state index is -3.32. The zero-order valence-corrected chi connectivity index (χ0v) is 18.2. The molecule has 1 aliphatic heterocycles. The number of benzene rings is 1. The molecule has 11 nitrogen and oxygen atoms in total. The van der Waals surface area contributed by atoms with Gasteiger partial charge in [0.05, 0.1) is 11.9 Å². The number of rotatable bonds is 7. The van der Waals surface area contributed by atoms with E-state index < -0.39 is 10.0 Å². The Morgan fingerprint density at radius 1 is 1.27 bits per heavy atom. The Labute approximate surface area is 177 Å². The largest absolute Gasteiger partial charge is 0.454 e. The topological polar surface area (TPSA) is 137 Å². The van der Waals surface area contributed by atoms with E-state index in [-0.39, 0.29) is 19.2 Å². The lowest BCUT2D eigenvalue weighted by atomic mass is 10.2. The Morgan fingerprint density at radius 3 is 2.70 bits per heavy atom. The van der Waals surface area contributed by atoms with Gasteiger partial charge >= 0.3 is 0 Å². The number of nitrogens with one attached hydrogen (secondary N) is 1. The second-order valence-electron chi connectivity index (χ2n) is 6.81. The number of fused-ring (bicyclic) bond motifs is 2. The molecule has 3 aromatic rings. The van der Waals surface area contributed by atoms with Gasteiger partial charge in [0, 0.05) is 44.2 Å². The summed E-state index contributed by atoms with van der Waals surface area (Å²) in [6.45, 7) is 0.686. The third-order valence-electron chi connectivity index (χ3n) is 4.36. The van der Waals surface area contributed by atoms with Crippen LogP contribution in [0.25, 0.3) is 11.2 Å². The quantitative estimate of drug-likeness (QED) is 0.533. The normalized spacial score (nSPS) is 13.2. The van der Waals surface area contributed by atoms with Crippen LogP contribution < -0.4 is 24.8 Å². The number of nitrogens with zero attached hydrogens (tertiary/aromatic N) is 5. The van der Waals surface area contributed by atoms with Crippen LogP contribution >= 0.6 is 11.8 Å². The van der Waals surface area contributed by atoms with Crippen LogP contribution in [0.3, 0.4) is 0 Å². The van der Waals surface area contributed by atoms with E-state index in [4.69, 9.17) is 15.2 Å². The Kier molecular flexibility index (Phi) is 5.34. The number of nitrogen functional groups attached to an aromatic ring is 1. The highest BCUT2D eigenvalue weighted by molar-refractivity contribution is 7.99. The molecule has 0 saturated heterocycles. The standard InChI is InChI=1S/C17H21N7O4S2/c1-23(2)10-6-11-12(28-9-27-11)7-13(10)29-17-22-14-15(18)19-8-20-16(14)24(17)5-4-21-30(3,25)26/h6-8,21H,4-5,9H2,1-3H3,(H2,18,19,20). The summed E-state index contributed by atoms with van der Waals surface area (Å²) < 4.78 is 38.2. The van der Waals surface area contributed by atoms with Crippen LogP contribution in [0.2, 0.25) is 0 Å². The van der Waals surface area contributed by atoms with Crippen molar-refractivity contribution in [3.8, 4) is 11.5 Å². The number of sulfonamides is 1. The van der Waals surface area contributed by atoms with Crippen LogP contribution in [0.1, 0.15) is 0 Å². The zero-order chi connectivity index (χ0) is 21.5. The highest BCUT2D eigenvalue weighted by atomic mass is 32.2. The molecule has 2 aromatic heterocycles. The number of hydrogen-bond donors (Lipinski definition) is 2. The number of imidazole rings is 1. The van der Waals surface area contributed by atoms with Crippen molar-refractivity contribution in [3.05, 3.63) is 18.5 Å². The Morgan fingerprint density at radius 2 is 2.00 bits per heavy atom. The van der Waals surface area contributed by atoms with Gasteiger partial charge in [-0.3, -0.25) is 0 Å². The van der Waals surface area contributed by atoms with E-state index in [1.54, 1.807) is 0 Å². The first kappa shape index (κ1) is 20.5. The lowest BCUT2D eigenvalue weighted by molar-refractivity contribution is 0.174. The van der Waals surface area contributed by atoms with Gasteiger partial charge in [-0.2, -0.15) is 0 Å². The van der Waals surface area contributed by atoms with Gasteiger partial charge in [0.1, 0.15) is 6.33 Å². The maximum atomic E-state index is 11.5. The summed E-state index contributed by atoms with van der Waals surface area (Å²) in [5.41, 5.74) is 7.92. The number of hydrogen-bond acceptors (Lipinski definition) is 10. The molecule has 0 fully saturated rings. The van der Waals surface area contributed by atoms with E-state index in [1.807, 2.05) is 35.7 Å². The number of ether oxygens (including phenoxy) is 2. The molecule has 0 spiro atoms. The first-order valence-corrected chi connectivity index (χ1v) is 11.6. The van der Waals surface area contributed by atoms with Gasteiger partial charge in [0.15, 0.2) is 33.6 Å². The molecule has 0 radical (unpaired) electrons. The fourth-order valence-electron chi connectivity index (χ4n) is 3.00. The van der Waals surface area contributed by atoms with Crippen LogP contribution in [-0.4, -0.2) is 61.6 Å². The molecular formula is C17H21N7O4S2. The summed E-state index contributed by atoms with van der Waals surface area (Å²) in [6.07, 6.45) is 2.48. The lowest BCUT2D eigenvalue weighted by Gasteiger charge is -2.18. The van der Waals surface area contributed by atoms with Crippen LogP contribution in [0.15, 0.2) is 28.5 Å². The molecule has 0 amide bonds. The molecule has 30 heavy (non-hydrogen) atoms. The fourth-order valence-corrected chi connectivity index (χ4v) is 4.59. The van der Waals surface area contributed by atoms with Gasteiger partial charge in [-0.05, 0) is 11.8 Å². The lowest BCUT2D eigenvalue weighted by Crippen LogP contribution is -2.26. The SMILES string of the molecule is CN(C)c1cc2c(cc1Sc1nc3c(N)ncnc3n1CCNS(C)(=O)=O)OCO2. The molecule has 0 aliphatic carbocycles. The van der Waals surface area contributed by atoms with Crippen LogP contribution in [0.4, 0.5) is 11.5 Å². The van der Waals surface area contributed by atoms with Gasteiger partial charge in [0.2, 0.25) is 16.8 Å². The van der Waals surface area contributed by atoms with E-state index in [2.05, 4.69) is 19.7 Å². The van der Waals surface area contributed by atoms with Gasteiger partial charge < -0.3 is 24.7 Å². The van der Waals surface area contributed by atoms with Gasteiger partial charge in [0.25, 0.3) is 0 Å². The van der Waals surface area contributed by atoms with E-state index in [0.29, 0.717) is 34.4 Å². The van der Waals surface area contributed by atoms with Crippen molar-refractivity contribution in [2.75, 3.05) is 44.3 Å². The molecule has 3 heterocycles. The van der Waals surface area contributed by atoms with Crippen molar-refractivity contribution in [2.24, 2.45) is 0 Å². The summed E-state index contributed by atoms with van der Waals surface area (Å²) in [6, 6.07) is 3.81. The Hall–Kier alpha value is -2.77. The maximum Gasteiger partial charge on any atom is 0.231 e. The van der Waals surface area contributed by atoms with Gasteiger partial charge in [-0.1, -0.05) is 0 Å². The van der Waals surface area contributed by atoms with Gasteiger partial charge in [-0.15, -0.1) is 0 Å². The van der Waals surface area contributed by atoms with Crippen molar-refractivity contribution < 1.29 is 17.9 Å². The average Bonchev–Trinajstić information content (AvgIpc) is 3.25. The van der Waals surface area contributed by atoms with E-state index in [9.17, 15) is 8.42 Å². The molecule has 13 heteroatoms. The zero-order valence-electron chi connectivity index (χ0n) is 16.6. The predicted molar refractivity (Wildman–Crippen MR) is 114 cm³/mol. The third kappa shape index (κ3) is 4.08. The van der Waals surface area contributed by atoms with Crippen molar-refractivity contribution >= 4 is 44.5 Å². The van der Waals surface area contributed by atoms with Crippen LogP contribution in [0.5, 0.6) is 11.5 Å². The first-order valence-electron chi connectivity index (χ1n) is 8.93. The van der Waals surface area contributed by atoms with Crippen molar-refractivity contribution in [2.45, 2.75) is 16.6 Å². The molecule has 4 rings (SSSR count). The molecule has 0 unspecified atom stereocenters. The summed E-state index contributed by atoms with van der Waals surface area (Å²) >= 11 is 1.40. The third-order valence-corrected chi connectivity index (χ3v) is 6.13. The molecule has 3 N–H and O–H groups in total. The van der Waals surface area contributed by atoms with Gasteiger partial charge in [-0.25, -0.2) is 28.1 Å². The molecular weight excluding hydrogens is 430 g/mol. The summed E-state index contributed by atoms with van der Waals surface area (Å²) in [5.74, 6) is 1.60. The molecule has 1 aliphatic rings. The second-order valence-corrected chi connectivity index (χ2v) is 9.66. The summed E-state index contributed by atoms with van der Waals surface area (Å²) in [7, 11) is 0.549. The monoisotopic (exact) mass is 451 g/mol. The minimum absolute atomic E-state index is 0.179. The molecule has 0 bridgehead atoms. The van der Waals surface area contributed by atoms with Crippen LogP contribution in [-0.2, 0) is 16.6 Å². The van der Waals surface area contributed by atoms with E-state index in [1.165, 1.54) is 18.1 Å². The van der Waals surface area contributed by atoms with Crippen molar-refractivity contribution in [1.29, 1.82) is 0 Å². The summed E-state index contributed by atoms with van der Waals surface area (Å²) in [4.78, 5) is 15.8. The Bertz CT molecular complexity index is 1210. The molecule has 0 atom stereocenters. The summed E-state index contributed by atoms with van der Waals surface area (Å²) in [5, 5.41) is 0.606. The second kappa shape index (κ2) is 7.81. The highest BCUT2D eigenvalue weighted by Crippen LogP contribution is 2.44. The fraction of sp³-hybridized carbons (Fsp3) is 0.353. The van der Waals surface area contributed by atoms with Crippen molar-refractivity contribution in [1.82, 2.24) is 24.2 Å². The van der Waals surface area contributed by atoms with E-state index >= 15 is 0 Å². The smallest absolute Gasteiger partial charge is 0.231 e. The molecule has 1 aromatic carbocycles. The first-order chi connectivity index (χ1) is 14.2. The number of aromatic nitrogens is 4. The van der Waals surface area contributed by atoms with Crippen LogP contribution in [0, 0.1) is 0 Å². The molecule has 0 saturated carbocycles. The van der Waals surface area contributed by atoms with Crippen molar-refractivity contribution in [3.63, 3.8) is 0 Å². The highest BCUT2D eigenvalue weighted by Gasteiger charge is 2.22. The Balaban J connectivity index is 1.75. The number of anilines is 2. The maximum absolute atomic E-state index is 11.5. The predicted octanol–water partition coefficient (Wildman–Crippen LogP) is 0.904. The minimum Gasteiger partial charge on any atom is -0.454 e. The molecule has 160 valence electrons.